The van der Waals surface area contributed by atoms with Gasteiger partial charge in [0.15, 0.2) is 5.82 Å². The van der Waals surface area contributed by atoms with Crippen LogP contribution in [0.1, 0.15) is 54.6 Å². The van der Waals surface area contributed by atoms with Crippen molar-refractivity contribution < 1.29 is 18.5 Å². The number of hydrogen-bond acceptors (Lipinski definition) is 4. The van der Waals surface area contributed by atoms with Crippen LogP contribution >= 0.6 is 0 Å². The van der Waals surface area contributed by atoms with Gasteiger partial charge in [-0.3, -0.25) is 9.59 Å². The largest absolute Gasteiger partial charge is 0.360 e. The van der Waals surface area contributed by atoms with Crippen LogP contribution in [0.3, 0.4) is 0 Å². The third kappa shape index (κ3) is 3.50. The Labute approximate surface area is 174 Å². The molecule has 6 rings (SSSR count). The van der Waals surface area contributed by atoms with E-state index >= 15 is 0 Å². The van der Waals surface area contributed by atoms with Gasteiger partial charge in [-0.2, -0.15) is 0 Å². The summed E-state index contributed by atoms with van der Waals surface area (Å²) < 4.78 is 18.3. The zero-order chi connectivity index (χ0) is 20.9. The SMILES string of the molecule is Cc1cc(NC(=O)C(NC(=O)c2ccc(F)cc2)C23CC4CC(CC(C4)C2)C3)no1. The molecule has 1 aromatic carbocycles. The fourth-order valence-electron chi connectivity index (χ4n) is 6.47. The summed E-state index contributed by atoms with van der Waals surface area (Å²) in [5, 5.41) is 9.71. The van der Waals surface area contributed by atoms with Crippen LogP contribution < -0.4 is 10.6 Å². The maximum Gasteiger partial charge on any atom is 0.251 e. The van der Waals surface area contributed by atoms with Crippen molar-refractivity contribution >= 4 is 17.6 Å². The molecule has 158 valence electrons. The van der Waals surface area contributed by atoms with Gasteiger partial charge in [-0.15, -0.1) is 0 Å². The van der Waals surface area contributed by atoms with Crippen LogP contribution in [0.2, 0.25) is 0 Å². The number of aromatic nitrogens is 1. The summed E-state index contributed by atoms with van der Waals surface area (Å²) in [7, 11) is 0. The van der Waals surface area contributed by atoms with E-state index < -0.39 is 11.9 Å². The number of hydrogen-bond donors (Lipinski definition) is 2. The minimum Gasteiger partial charge on any atom is -0.360 e. The zero-order valence-corrected chi connectivity index (χ0v) is 17.0. The first-order valence-corrected chi connectivity index (χ1v) is 10.7. The average Bonchev–Trinajstić information content (AvgIpc) is 3.09. The van der Waals surface area contributed by atoms with Gasteiger partial charge in [0.2, 0.25) is 5.91 Å². The second kappa shape index (κ2) is 7.22. The quantitative estimate of drug-likeness (QED) is 0.777. The van der Waals surface area contributed by atoms with Crippen molar-refractivity contribution in [2.75, 3.05) is 5.32 Å². The first-order valence-electron chi connectivity index (χ1n) is 10.7. The van der Waals surface area contributed by atoms with E-state index in [1.807, 2.05) is 0 Å². The van der Waals surface area contributed by atoms with Crippen molar-refractivity contribution in [2.45, 2.75) is 51.5 Å². The summed E-state index contributed by atoms with van der Waals surface area (Å²) in [5.41, 5.74) is 0.101. The van der Waals surface area contributed by atoms with Crippen molar-refractivity contribution in [3.05, 3.63) is 47.5 Å². The lowest BCUT2D eigenvalue weighted by atomic mass is 9.47. The highest BCUT2D eigenvalue weighted by molar-refractivity contribution is 6.01. The van der Waals surface area contributed by atoms with E-state index in [1.54, 1.807) is 13.0 Å². The Morgan fingerprint density at radius 1 is 1.10 bits per heavy atom. The van der Waals surface area contributed by atoms with Gasteiger partial charge < -0.3 is 15.2 Å². The zero-order valence-electron chi connectivity index (χ0n) is 17.0. The number of rotatable bonds is 5. The van der Waals surface area contributed by atoms with Gasteiger partial charge in [0.1, 0.15) is 17.6 Å². The number of benzene rings is 1. The molecule has 1 unspecified atom stereocenters. The molecule has 0 aliphatic heterocycles. The molecule has 1 aromatic heterocycles. The highest BCUT2D eigenvalue weighted by Crippen LogP contribution is 2.61. The van der Waals surface area contributed by atoms with E-state index in [4.69, 9.17) is 4.52 Å². The lowest BCUT2D eigenvalue weighted by molar-refractivity contribution is -0.129. The summed E-state index contributed by atoms with van der Waals surface area (Å²) in [6, 6.07) is 6.40. The Balaban J connectivity index is 1.43. The maximum atomic E-state index is 13.4. The maximum absolute atomic E-state index is 13.4. The molecule has 4 fully saturated rings. The molecule has 30 heavy (non-hydrogen) atoms. The molecular weight excluding hydrogens is 385 g/mol. The smallest absolute Gasteiger partial charge is 0.251 e. The van der Waals surface area contributed by atoms with E-state index in [9.17, 15) is 14.0 Å². The molecule has 7 heteroatoms. The van der Waals surface area contributed by atoms with E-state index in [2.05, 4.69) is 15.8 Å². The fourth-order valence-corrected chi connectivity index (χ4v) is 6.47. The lowest BCUT2D eigenvalue weighted by Crippen LogP contribution is -2.61. The van der Waals surface area contributed by atoms with E-state index in [1.165, 1.54) is 43.5 Å². The first kappa shape index (κ1) is 19.3. The minimum absolute atomic E-state index is 0.243. The summed E-state index contributed by atoms with van der Waals surface area (Å²) in [6.07, 6.45) is 6.59. The Kier molecular flexibility index (Phi) is 4.64. The number of amides is 2. The second-order valence-corrected chi connectivity index (χ2v) is 9.51. The molecule has 1 heterocycles. The van der Waals surface area contributed by atoms with Crippen molar-refractivity contribution in [1.82, 2.24) is 10.5 Å². The fraction of sp³-hybridized carbons (Fsp3) is 0.522. The number of halogens is 1. The molecule has 2 aromatic rings. The molecule has 2 amide bonds. The van der Waals surface area contributed by atoms with Crippen LogP contribution in [0.25, 0.3) is 0 Å². The normalized spacial score (nSPS) is 30.1. The molecule has 4 aliphatic rings. The molecule has 4 saturated carbocycles. The van der Waals surface area contributed by atoms with Gasteiger partial charge in [-0.25, -0.2) is 4.39 Å². The van der Waals surface area contributed by atoms with Gasteiger partial charge in [0.25, 0.3) is 5.91 Å². The number of anilines is 1. The van der Waals surface area contributed by atoms with Crippen molar-refractivity contribution in [3.63, 3.8) is 0 Å². The van der Waals surface area contributed by atoms with Crippen LogP contribution in [0.4, 0.5) is 10.2 Å². The summed E-state index contributed by atoms with van der Waals surface area (Å²) in [6.45, 7) is 1.76. The highest BCUT2D eigenvalue weighted by atomic mass is 19.1. The van der Waals surface area contributed by atoms with Gasteiger partial charge in [-0.1, -0.05) is 5.16 Å². The van der Waals surface area contributed by atoms with Crippen molar-refractivity contribution in [1.29, 1.82) is 0 Å². The van der Waals surface area contributed by atoms with E-state index in [0.717, 1.165) is 19.3 Å². The predicted octanol–water partition coefficient (Wildman–Crippen LogP) is 4.08. The molecule has 4 bridgehead atoms. The molecule has 4 aliphatic carbocycles. The summed E-state index contributed by atoms with van der Waals surface area (Å²) >= 11 is 0. The molecule has 1 atom stereocenters. The molecule has 2 N–H and O–H groups in total. The predicted molar refractivity (Wildman–Crippen MR) is 108 cm³/mol. The lowest BCUT2D eigenvalue weighted by Gasteiger charge is -2.58. The Morgan fingerprint density at radius 3 is 2.23 bits per heavy atom. The third-order valence-electron chi connectivity index (χ3n) is 7.22. The molecule has 0 spiro atoms. The molecule has 6 nitrogen and oxygen atoms in total. The van der Waals surface area contributed by atoms with E-state index in [-0.39, 0.29) is 17.2 Å². The van der Waals surface area contributed by atoms with Gasteiger partial charge in [0.05, 0.1) is 0 Å². The summed E-state index contributed by atoms with van der Waals surface area (Å²) in [4.78, 5) is 26.4. The van der Waals surface area contributed by atoms with Crippen LogP contribution in [-0.2, 0) is 4.79 Å². The highest BCUT2D eigenvalue weighted by Gasteiger charge is 2.56. The Bertz CT molecular complexity index is 933. The Hall–Kier alpha value is -2.70. The van der Waals surface area contributed by atoms with Crippen molar-refractivity contribution in [3.8, 4) is 0 Å². The number of aryl methyl sites for hydroxylation is 1. The minimum atomic E-state index is -0.666. The average molecular weight is 411 g/mol. The van der Waals surface area contributed by atoms with Crippen LogP contribution in [0.15, 0.2) is 34.9 Å². The van der Waals surface area contributed by atoms with Crippen LogP contribution in [-0.4, -0.2) is 23.0 Å². The molecular formula is C23H26FN3O3. The van der Waals surface area contributed by atoms with Gasteiger partial charge in [-0.05, 0) is 87.5 Å². The number of nitrogens with one attached hydrogen (secondary N) is 2. The summed E-state index contributed by atoms with van der Waals surface area (Å²) in [5.74, 6) is 1.82. The second-order valence-electron chi connectivity index (χ2n) is 9.51. The Morgan fingerprint density at radius 2 is 1.70 bits per heavy atom. The first-order chi connectivity index (χ1) is 14.4. The van der Waals surface area contributed by atoms with Crippen LogP contribution in [0.5, 0.6) is 0 Å². The number of carbonyl (C=O) groups is 2. The monoisotopic (exact) mass is 411 g/mol. The van der Waals surface area contributed by atoms with Gasteiger partial charge in [0, 0.05) is 17.0 Å². The molecule has 0 radical (unpaired) electrons. The number of carbonyl (C=O) groups excluding carboxylic acids is 2. The van der Waals surface area contributed by atoms with Crippen LogP contribution in [0, 0.1) is 35.9 Å². The number of nitrogens with zero attached hydrogens (tertiary/aromatic N) is 1. The molecule has 0 saturated heterocycles. The third-order valence-corrected chi connectivity index (χ3v) is 7.22. The van der Waals surface area contributed by atoms with E-state index in [0.29, 0.717) is 34.9 Å². The van der Waals surface area contributed by atoms with Gasteiger partial charge >= 0.3 is 0 Å². The van der Waals surface area contributed by atoms with Crippen molar-refractivity contribution in [2.24, 2.45) is 23.2 Å². The topological polar surface area (TPSA) is 84.2 Å². The standard InChI is InChI=1S/C23H26FN3O3/c1-13-6-19(27-30-13)25-22(29)20(26-21(28)17-2-4-18(24)5-3-17)23-10-14-7-15(11-23)9-16(8-14)12-23/h2-6,14-16,20H,7-12H2,1H3,(H,26,28)(H,25,27,29).